The summed E-state index contributed by atoms with van der Waals surface area (Å²) >= 11 is 0. The van der Waals surface area contributed by atoms with Crippen molar-refractivity contribution in [1.82, 2.24) is 15.2 Å². The summed E-state index contributed by atoms with van der Waals surface area (Å²) in [5.41, 5.74) is 3.34. The van der Waals surface area contributed by atoms with Gasteiger partial charge in [-0.25, -0.2) is 0 Å². The van der Waals surface area contributed by atoms with Gasteiger partial charge >= 0.3 is 0 Å². The lowest BCUT2D eigenvalue weighted by molar-refractivity contribution is -0.134. The van der Waals surface area contributed by atoms with Crippen LogP contribution in [0, 0.1) is 0 Å². The number of nitrogens with zero attached hydrogens (tertiary/aromatic N) is 3. The van der Waals surface area contributed by atoms with Crippen LogP contribution in [0.1, 0.15) is 48.5 Å². The fourth-order valence-corrected chi connectivity index (χ4v) is 4.97. The molecule has 7 heteroatoms. The van der Waals surface area contributed by atoms with Crippen LogP contribution >= 0.6 is 0 Å². The Morgan fingerprint density at radius 1 is 1.14 bits per heavy atom. The highest BCUT2D eigenvalue weighted by Crippen LogP contribution is 2.44. The molecule has 0 spiro atoms. The van der Waals surface area contributed by atoms with Crippen molar-refractivity contribution in [2.45, 2.75) is 44.1 Å². The lowest BCUT2D eigenvalue weighted by Crippen LogP contribution is -2.53. The highest BCUT2D eigenvalue weighted by molar-refractivity contribution is 6.27. The molecule has 1 aromatic heterocycles. The average molecular weight is 392 g/mol. The Bertz CT molecular complexity index is 1060. The van der Waals surface area contributed by atoms with Crippen LogP contribution in [0.2, 0.25) is 0 Å². The van der Waals surface area contributed by atoms with Crippen LogP contribution in [0.5, 0.6) is 0 Å². The zero-order valence-corrected chi connectivity index (χ0v) is 16.7. The number of likely N-dealkylation sites (tertiary alicyclic amines) is 1. The molecule has 3 aliphatic heterocycles. The van der Waals surface area contributed by atoms with Gasteiger partial charge in [0.15, 0.2) is 0 Å². The summed E-state index contributed by atoms with van der Waals surface area (Å²) in [5, 5.41) is 3.20. The molecule has 0 aliphatic carbocycles. The van der Waals surface area contributed by atoms with E-state index in [4.69, 9.17) is 0 Å². The Hall–Kier alpha value is -2.80. The van der Waals surface area contributed by atoms with Crippen molar-refractivity contribution in [2.75, 3.05) is 25.0 Å². The Kier molecular flexibility index (Phi) is 4.00. The minimum atomic E-state index is -0.666. The van der Waals surface area contributed by atoms with Crippen molar-refractivity contribution in [3.8, 4) is 0 Å². The summed E-state index contributed by atoms with van der Waals surface area (Å²) in [4.78, 5) is 45.8. The topological polar surface area (TPSA) is 82.6 Å². The van der Waals surface area contributed by atoms with Crippen LogP contribution in [-0.2, 0) is 15.0 Å². The minimum absolute atomic E-state index is 0.00175. The van der Waals surface area contributed by atoms with Crippen molar-refractivity contribution in [1.29, 1.82) is 0 Å². The van der Waals surface area contributed by atoms with Crippen LogP contribution in [0.25, 0.3) is 10.9 Å². The third-order valence-electron chi connectivity index (χ3n) is 6.84. The number of pyridine rings is 1. The van der Waals surface area contributed by atoms with Crippen LogP contribution in [0.4, 0.5) is 5.69 Å². The summed E-state index contributed by atoms with van der Waals surface area (Å²) in [6, 6.07) is 5.08. The van der Waals surface area contributed by atoms with Crippen molar-refractivity contribution < 1.29 is 14.4 Å². The molecule has 0 saturated carbocycles. The monoisotopic (exact) mass is 392 g/mol. The third kappa shape index (κ3) is 2.68. The number of piperidine rings is 2. The number of hydrogen-bond acceptors (Lipinski definition) is 5. The van der Waals surface area contributed by atoms with Crippen molar-refractivity contribution in [2.24, 2.45) is 0 Å². The summed E-state index contributed by atoms with van der Waals surface area (Å²) < 4.78 is 0. The number of hydrogen-bond donors (Lipinski definition) is 1. The molecule has 0 radical (unpaired) electrons. The third-order valence-corrected chi connectivity index (χ3v) is 6.84. The molecule has 2 aromatic rings. The quantitative estimate of drug-likeness (QED) is 0.791. The number of imide groups is 1. The van der Waals surface area contributed by atoms with E-state index in [1.54, 1.807) is 17.2 Å². The first-order chi connectivity index (χ1) is 13.9. The molecule has 5 rings (SSSR count). The van der Waals surface area contributed by atoms with Gasteiger partial charge in [0, 0.05) is 18.0 Å². The molecule has 29 heavy (non-hydrogen) atoms. The van der Waals surface area contributed by atoms with E-state index >= 15 is 0 Å². The number of anilines is 1. The molecular formula is C22H24N4O3. The highest BCUT2D eigenvalue weighted by atomic mass is 16.2. The van der Waals surface area contributed by atoms with Gasteiger partial charge in [-0.1, -0.05) is 13.0 Å². The van der Waals surface area contributed by atoms with E-state index < -0.39 is 11.9 Å². The first-order valence-electron chi connectivity index (χ1n) is 10.2. The summed E-state index contributed by atoms with van der Waals surface area (Å²) in [6.07, 6.45) is 4.37. The van der Waals surface area contributed by atoms with Crippen LogP contribution in [0.15, 0.2) is 24.4 Å². The van der Waals surface area contributed by atoms with Gasteiger partial charge in [-0.2, -0.15) is 0 Å². The van der Waals surface area contributed by atoms with Gasteiger partial charge in [-0.3, -0.25) is 29.6 Å². The second-order valence-corrected chi connectivity index (χ2v) is 8.72. The Labute approximate surface area is 169 Å². The predicted molar refractivity (Wildman–Crippen MR) is 109 cm³/mol. The molecule has 1 N–H and O–H groups in total. The second kappa shape index (κ2) is 6.35. The average Bonchev–Trinajstić information content (AvgIpc) is 2.98. The van der Waals surface area contributed by atoms with Gasteiger partial charge in [0.2, 0.25) is 11.8 Å². The number of rotatable bonds is 2. The Morgan fingerprint density at radius 2 is 1.90 bits per heavy atom. The van der Waals surface area contributed by atoms with Gasteiger partial charge in [-0.15, -0.1) is 0 Å². The van der Waals surface area contributed by atoms with Crippen molar-refractivity contribution in [3.63, 3.8) is 0 Å². The van der Waals surface area contributed by atoms with E-state index in [9.17, 15) is 14.4 Å². The maximum Gasteiger partial charge on any atom is 0.259 e. The lowest BCUT2D eigenvalue weighted by atomic mass is 9.73. The number of aromatic nitrogens is 1. The fraction of sp³-hybridized carbons (Fsp3) is 0.455. The van der Waals surface area contributed by atoms with Crippen LogP contribution in [-0.4, -0.2) is 53.8 Å². The number of amides is 3. The van der Waals surface area contributed by atoms with Crippen LogP contribution < -0.4 is 10.2 Å². The molecule has 7 nitrogen and oxygen atoms in total. The first kappa shape index (κ1) is 18.2. The zero-order chi connectivity index (χ0) is 20.3. The van der Waals surface area contributed by atoms with Crippen LogP contribution in [0.3, 0.4) is 0 Å². The van der Waals surface area contributed by atoms with E-state index in [2.05, 4.69) is 29.2 Å². The number of carbonyl (C=O) groups excluding carboxylic acids is 3. The molecule has 2 fully saturated rings. The molecular weight excluding hydrogens is 368 g/mol. The standard InChI is InChI=1S/C22H24N4O3/c1-22(8-11-25(2)12-9-22)14-4-3-13-18-15(7-10-23-19(14)18)26(21(13)29)16-5-6-17(27)24-20(16)28/h3-4,7,10,16H,5-6,8-9,11-12H2,1-2H3,(H,24,27,28). The Balaban J connectivity index is 1.62. The SMILES string of the molecule is CN1CCC(C)(c2ccc3c4c(ccnc24)N(C2CCC(=O)NC2=O)C3=O)CC1. The molecule has 3 aliphatic rings. The molecule has 1 aromatic carbocycles. The predicted octanol–water partition coefficient (Wildman–Crippen LogP) is 1.98. The van der Waals surface area contributed by atoms with Gasteiger partial charge in [0.1, 0.15) is 6.04 Å². The van der Waals surface area contributed by atoms with Gasteiger partial charge < -0.3 is 4.90 Å². The summed E-state index contributed by atoms with van der Waals surface area (Å²) in [7, 11) is 2.14. The molecule has 150 valence electrons. The maximum atomic E-state index is 13.2. The first-order valence-corrected chi connectivity index (χ1v) is 10.2. The normalized spacial score (nSPS) is 24.3. The Morgan fingerprint density at radius 3 is 2.62 bits per heavy atom. The lowest BCUT2D eigenvalue weighted by Gasteiger charge is -2.38. The fourth-order valence-electron chi connectivity index (χ4n) is 4.97. The largest absolute Gasteiger partial charge is 0.306 e. The second-order valence-electron chi connectivity index (χ2n) is 8.72. The maximum absolute atomic E-state index is 13.2. The van der Waals surface area contributed by atoms with E-state index in [0.717, 1.165) is 42.5 Å². The molecule has 1 unspecified atom stereocenters. The summed E-state index contributed by atoms with van der Waals surface area (Å²) in [6.45, 7) is 4.34. The highest BCUT2D eigenvalue weighted by Gasteiger charge is 2.42. The number of carbonyl (C=O) groups is 3. The number of nitrogens with one attached hydrogen (secondary N) is 1. The van der Waals surface area contributed by atoms with E-state index in [0.29, 0.717) is 12.0 Å². The molecule has 0 bridgehead atoms. The minimum Gasteiger partial charge on any atom is -0.306 e. The van der Waals surface area contributed by atoms with Crippen molar-refractivity contribution in [3.05, 3.63) is 35.5 Å². The van der Waals surface area contributed by atoms with Crippen molar-refractivity contribution >= 4 is 34.3 Å². The van der Waals surface area contributed by atoms with E-state index in [1.165, 1.54) is 5.56 Å². The number of benzene rings is 1. The van der Waals surface area contributed by atoms with Gasteiger partial charge in [0.25, 0.3) is 5.91 Å². The molecule has 3 amide bonds. The van der Waals surface area contributed by atoms with E-state index in [1.807, 2.05) is 12.1 Å². The van der Waals surface area contributed by atoms with Gasteiger partial charge in [-0.05, 0) is 62.5 Å². The summed E-state index contributed by atoms with van der Waals surface area (Å²) in [5.74, 6) is -0.879. The molecule has 2 saturated heterocycles. The molecule has 1 atom stereocenters. The van der Waals surface area contributed by atoms with E-state index in [-0.39, 0.29) is 23.7 Å². The smallest absolute Gasteiger partial charge is 0.259 e. The van der Waals surface area contributed by atoms with Gasteiger partial charge in [0.05, 0.1) is 16.8 Å². The molecule has 4 heterocycles. The zero-order valence-electron chi connectivity index (χ0n) is 16.7.